The van der Waals surface area contributed by atoms with Crippen LogP contribution in [0.15, 0.2) is 0 Å². The van der Waals surface area contributed by atoms with E-state index in [1.807, 2.05) is 11.9 Å². The maximum absolute atomic E-state index is 11.9. The Morgan fingerprint density at radius 2 is 2.40 bits per heavy atom. The molecule has 1 N–H and O–H groups in total. The Labute approximate surface area is 92.0 Å². The third-order valence-corrected chi connectivity index (χ3v) is 3.01. The number of carbonyl (C=O) groups excluding carboxylic acids is 1. The highest BCUT2D eigenvalue weighted by atomic mass is 16.5. The van der Waals surface area contributed by atoms with Gasteiger partial charge in [0.2, 0.25) is 5.91 Å². The maximum Gasteiger partial charge on any atom is 0.240 e. The monoisotopic (exact) mass is 214 g/mol. The van der Waals surface area contributed by atoms with E-state index in [1.54, 1.807) is 7.11 Å². The van der Waals surface area contributed by atoms with E-state index in [0.717, 1.165) is 25.8 Å². The summed E-state index contributed by atoms with van der Waals surface area (Å²) in [5.74, 6) is 0.230. The van der Waals surface area contributed by atoms with Gasteiger partial charge in [0, 0.05) is 13.7 Å². The van der Waals surface area contributed by atoms with E-state index in [2.05, 4.69) is 12.2 Å². The number of hydrogen-bond donors (Lipinski definition) is 1. The number of rotatable bonds is 6. The molecular weight excluding hydrogens is 192 g/mol. The number of nitrogens with one attached hydrogen (secondary N) is 1. The Kier molecular flexibility index (Phi) is 5.05. The molecule has 88 valence electrons. The molecule has 0 aromatic heterocycles. The summed E-state index contributed by atoms with van der Waals surface area (Å²) >= 11 is 0. The summed E-state index contributed by atoms with van der Waals surface area (Å²) in [5.41, 5.74) is 0. The minimum absolute atomic E-state index is 0.0150. The zero-order chi connectivity index (χ0) is 11.3. The van der Waals surface area contributed by atoms with Crippen LogP contribution in [0.3, 0.4) is 0 Å². The van der Waals surface area contributed by atoms with E-state index in [1.165, 1.54) is 0 Å². The highest BCUT2D eigenvalue weighted by Gasteiger charge is 2.34. The van der Waals surface area contributed by atoms with E-state index in [9.17, 15) is 4.79 Å². The van der Waals surface area contributed by atoms with Crippen molar-refractivity contribution in [2.75, 3.05) is 27.3 Å². The smallest absolute Gasteiger partial charge is 0.240 e. The molecule has 0 bridgehead atoms. The zero-order valence-electron chi connectivity index (χ0n) is 9.95. The first-order valence-corrected chi connectivity index (χ1v) is 5.71. The average molecular weight is 214 g/mol. The van der Waals surface area contributed by atoms with Crippen molar-refractivity contribution in [2.24, 2.45) is 0 Å². The number of amides is 1. The molecule has 1 fully saturated rings. The van der Waals surface area contributed by atoms with Gasteiger partial charge in [-0.1, -0.05) is 13.3 Å². The number of likely N-dealkylation sites (N-methyl/N-ethyl adjacent to an activating group) is 1. The van der Waals surface area contributed by atoms with Crippen molar-refractivity contribution in [3.8, 4) is 0 Å². The lowest BCUT2D eigenvalue weighted by atomic mass is 10.1. The molecule has 0 radical (unpaired) electrons. The van der Waals surface area contributed by atoms with Crippen LogP contribution < -0.4 is 5.32 Å². The molecule has 1 aliphatic rings. The van der Waals surface area contributed by atoms with Crippen LogP contribution in [0.2, 0.25) is 0 Å². The standard InChI is InChI=1S/C11H22N2O2/c1-4-5-9(8-15-3)13-7-6-10(12-2)11(13)14/h9-10,12H,4-8H2,1-3H3. The third-order valence-electron chi connectivity index (χ3n) is 3.01. The molecular formula is C11H22N2O2. The van der Waals surface area contributed by atoms with Crippen molar-refractivity contribution < 1.29 is 9.53 Å². The number of hydrogen-bond acceptors (Lipinski definition) is 3. The minimum Gasteiger partial charge on any atom is -0.383 e. The molecule has 0 aromatic carbocycles. The predicted octanol–water partition coefficient (Wildman–Crippen LogP) is 0.622. The summed E-state index contributed by atoms with van der Waals surface area (Å²) in [4.78, 5) is 13.9. The first kappa shape index (κ1) is 12.5. The zero-order valence-corrected chi connectivity index (χ0v) is 9.95. The van der Waals surface area contributed by atoms with Gasteiger partial charge in [0.15, 0.2) is 0 Å². The lowest BCUT2D eigenvalue weighted by Gasteiger charge is -2.27. The number of nitrogens with zero attached hydrogens (tertiary/aromatic N) is 1. The molecule has 1 saturated heterocycles. The summed E-state index contributed by atoms with van der Waals surface area (Å²) in [6.45, 7) is 3.65. The summed E-state index contributed by atoms with van der Waals surface area (Å²) in [7, 11) is 3.54. The lowest BCUT2D eigenvalue weighted by Crippen LogP contribution is -2.43. The van der Waals surface area contributed by atoms with Gasteiger partial charge < -0.3 is 15.0 Å². The second-order valence-electron chi connectivity index (χ2n) is 4.06. The molecule has 0 aliphatic carbocycles. The minimum atomic E-state index is 0.0150. The van der Waals surface area contributed by atoms with Gasteiger partial charge in [-0.15, -0.1) is 0 Å². The summed E-state index contributed by atoms with van der Waals surface area (Å²) in [6.07, 6.45) is 3.03. The molecule has 1 heterocycles. The Morgan fingerprint density at radius 1 is 1.67 bits per heavy atom. The fourth-order valence-electron chi connectivity index (χ4n) is 2.19. The number of likely N-dealkylation sites (tertiary alicyclic amines) is 1. The SMILES string of the molecule is CCCC(COC)N1CCC(NC)C1=O. The van der Waals surface area contributed by atoms with Crippen molar-refractivity contribution in [2.45, 2.75) is 38.3 Å². The van der Waals surface area contributed by atoms with E-state index in [-0.39, 0.29) is 18.0 Å². The van der Waals surface area contributed by atoms with Crippen molar-refractivity contribution in [3.05, 3.63) is 0 Å². The van der Waals surface area contributed by atoms with E-state index >= 15 is 0 Å². The molecule has 4 heteroatoms. The fraction of sp³-hybridized carbons (Fsp3) is 0.909. The van der Waals surface area contributed by atoms with Crippen LogP contribution >= 0.6 is 0 Å². The Bertz CT molecular complexity index is 203. The van der Waals surface area contributed by atoms with Gasteiger partial charge >= 0.3 is 0 Å². The summed E-state index contributed by atoms with van der Waals surface area (Å²) < 4.78 is 5.17. The Morgan fingerprint density at radius 3 is 2.87 bits per heavy atom. The summed E-state index contributed by atoms with van der Waals surface area (Å²) in [5, 5.41) is 3.05. The summed E-state index contributed by atoms with van der Waals surface area (Å²) in [6, 6.07) is 0.270. The van der Waals surface area contributed by atoms with Gasteiger partial charge in [-0.05, 0) is 19.9 Å². The molecule has 0 spiro atoms. The van der Waals surface area contributed by atoms with Gasteiger partial charge in [0.25, 0.3) is 0 Å². The van der Waals surface area contributed by atoms with Crippen LogP contribution in [0.25, 0.3) is 0 Å². The molecule has 1 aliphatic heterocycles. The van der Waals surface area contributed by atoms with Gasteiger partial charge in [0.1, 0.15) is 0 Å². The first-order chi connectivity index (χ1) is 7.24. The van der Waals surface area contributed by atoms with Crippen LogP contribution in [0, 0.1) is 0 Å². The predicted molar refractivity (Wildman–Crippen MR) is 59.7 cm³/mol. The third kappa shape index (κ3) is 2.92. The quantitative estimate of drug-likeness (QED) is 0.705. The lowest BCUT2D eigenvalue weighted by molar-refractivity contribution is -0.132. The number of ether oxygens (including phenoxy) is 1. The van der Waals surface area contributed by atoms with E-state index < -0.39 is 0 Å². The topological polar surface area (TPSA) is 41.6 Å². The molecule has 2 atom stereocenters. The Balaban J connectivity index is 2.56. The molecule has 4 nitrogen and oxygen atoms in total. The van der Waals surface area contributed by atoms with Crippen LogP contribution in [0.5, 0.6) is 0 Å². The van der Waals surface area contributed by atoms with Crippen LogP contribution in [0.1, 0.15) is 26.2 Å². The van der Waals surface area contributed by atoms with Gasteiger partial charge in [-0.2, -0.15) is 0 Å². The average Bonchev–Trinajstić information content (AvgIpc) is 2.59. The molecule has 15 heavy (non-hydrogen) atoms. The van der Waals surface area contributed by atoms with Gasteiger partial charge in [-0.25, -0.2) is 0 Å². The highest BCUT2D eigenvalue weighted by molar-refractivity contribution is 5.84. The van der Waals surface area contributed by atoms with Crippen LogP contribution in [-0.2, 0) is 9.53 Å². The van der Waals surface area contributed by atoms with Crippen molar-refractivity contribution in [3.63, 3.8) is 0 Å². The molecule has 1 amide bonds. The van der Waals surface area contributed by atoms with Crippen molar-refractivity contribution >= 4 is 5.91 Å². The van der Waals surface area contributed by atoms with E-state index in [0.29, 0.717) is 6.61 Å². The molecule has 0 aromatic rings. The number of methoxy groups -OCH3 is 1. The van der Waals surface area contributed by atoms with Gasteiger partial charge in [-0.3, -0.25) is 4.79 Å². The largest absolute Gasteiger partial charge is 0.383 e. The Hall–Kier alpha value is -0.610. The van der Waals surface area contributed by atoms with Crippen LogP contribution in [0.4, 0.5) is 0 Å². The molecule has 0 saturated carbocycles. The van der Waals surface area contributed by atoms with Crippen molar-refractivity contribution in [1.82, 2.24) is 10.2 Å². The second-order valence-corrected chi connectivity index (χ2v) is 4.06. The van der Waals surface area contributed by atoms with E-state index in [4.69, 9.17) is 4.74 Å². The highest BCUT2D eigenvalue weighted by Crippen LogP contribution is 2.17. The second kappa shape index (κ2) is 6.08. The van der Waals surface area contributed by atoms with Crippen LogP contribution in [-0.4, -0.2) is 50.2 Å². The van der Waals surface area contributed by atoms with Crippen molar-refractivity contribution in [1.29, 1.82) is 0 Å². The van der Waals surface area contributed by atoms with Gasteiger partial charge in [0.05, 0.1) is 18.7 Å². The molecule has 1 rings (SSSR count). The normalized spacial score (nSPS) is 23.5. The first-order valence-electron chi connectivity index (χ1n) is 5.71. The maximum atomic E-state index is 11.9. The number of carbonyl (C=O) groups is 1. The fourth-order valence-corrected chi connectivity index (χ4v) is 2.19. The molecule has 2 unspecified atom stereocenters.